The third kappa shape index (κ3) is 1.87. The van der Waals surface area contributed by atoms with Crippen LogP contribution in [0, 0.1) is 12.7 Å². The highest BCUT2D eigenvalue weighted by molar-refractivity contribution is 5.89. The molecule has 96 valence electrons. The first-order chi connectivity index (χ1) is 9.20. The van der Waals surface area contributed by atoms with E-state index in [0.717, 1.165) is 28.8 Å². The molecule has 0 aliphatic rings. The molecule has 0 saturated heterocycles. The molecule has 3 rings (SSSR count). The molecule has 0 bridgehead atoms. The number of halogens is 1. The van der Waals surface area contributed by atoms with E-state index < -0.39 is 0 Å². The maximum atomic E-state index is 13.3. The summed E-state index contributed by atoms with van der Waals surface area (Å²) >= 11 is 0. The predicted molar refractivity (Wildman–Crippen MR) is 71.1 cm³/mol. The van der Waals surface area contributed by atoms with Crippen LogP contribution in [-0.2, 0) is 6.54 Å². The van der Waals surface area contributed by atoms with Crippen molar-refractivity contribution in [2.45, 2.75) is 20.4 Å². The summed E-state index contributed by atoms with van der Waals surface area (Å²) in [4.78, 5) is 4.38. The number of fused-ring (bicyclic) bond motifs is 1. The number of hydrogen-bond donors (Lipinski definition) is 0. The normalized spacial score (nSPS) is 11.1. The zero-order valence-electron chi connectivity index (χ0n) is 10.8. The van der Waals surface area contributed by atoms with E-state index in [2.05, 4.69) is 15.2 Å². The Kier molecular flexibility index (Phi) is 2.74. The maximum Gasteiger partial charge on any atom is 0.183 e. The van der Waals surface area contributed by atoms with Crippen molar-refractivity contribution in [3.05, 3.63) is 42.1 Å². The second-order valence-corrected chi connectivity index (χ2v) is 4.43. The molecule has 0 fully saturated rings. The van der Waals surface area contributed by atoms with Gasteiger partial charge in [0.1, 0.15) is 11.3 Å². The third-order valence-corrected chi connectivity index (χ3v) is 3.21. The van der Waals surface area contributed by atoms with E-state index in [-0.39, 0.29) is 5.82 Å². The highest BCUT2D eigenvalue weighted by atomic mass is 19.1. The van der Waals surface area contributed by atoms with Crippen LogP contribution < -0.4 is 0 Å². The van der Waals surface area contributed by atoms with Gasteiger partial charge in [-0.2, -0.15) is 5.10 Å². The Balaban J connectivity index is 2.24. The van der Waals surface area contributed by atoms with Gasteiger partial charge in [0.05, 0.1) is 12.5 Å². The van der Waals surface area contributed by atoms with Crippen molar-refractivity contribution in [1.29, 1.82) is 0 Å². The molecule has 4 nitrogen and oxygen atoms in total. The largest absolute Gasteiger partial charge is 0.314 e. The number of rotatable bonds is 2. The molecule has 0 saturated carbocycles. The van der Waals surface area contributed by atoms with Crippen LogP contribution in [0.15, 0.2) is 30.7 Å². The second-order valence-electron chi connectivity index (χ2n) is 4.43. The van der Waals surface area contributed by atoms with Crippen molar-refractivity contribution in [2.75, 3.05) is 0 Å². The van der Waals surface area contributed by atoms with Crippen molar-refractivity contribution in [3.63, 3.8) is 0 Å². The maximum absolute atomic E-state index is 13.3. The first-order valence-electron chi connectivity index (χ1n) is 6.13. The molecule has 1 aromatic carbocycles. The number of imidazole rings is 1. The lowest BCUT2D eigenvalue weighted by molar-refractivity contribution is 0.619. The zero-order chi connectivity index (χ0) is 13.4. The summed E-state index contributed by atoms with van der Waals surface area (Å²) < 4.78 is 15.3. The summed E-state index contributed by atoms with van der Waals surface area (Å²) in [6, 6.07) is 5.01. The standard InChI is InChI=1S/C14H13FN4/c1-3-19-8-16-13-11(7-17-18-14(13)19)10-4-5-12(15)9(2)6-10/h4-8H,3H2,1-2H3. The molecule has 0 radical (unpaired) electrons. The van der Waals surface area contributed by atoms with Gasteiger partial charge >= 0.3 is 0 Å². The van der Waals surface area contributed by atoms with E-state index in [1.54, 1.807) is 31.6 Å². The van der Waals surface area contributed by atoms with Crippen molar-refractivity contribution >= 4 is 11.2 Å². The Morgan fingerprint density at radius 3 is 2.89 bits per heavy atom. The summed E-state index contributed by atoms with van der Waals surface area (Å²) in [6.07, 6.45) is 3.42. The Morgan fingerprint density at radius 1 is 1.32 bits per heavy atom. The van der Waals surface area contributed by atoms with Gasteiger partial charge in [-0.3, -0.25) is 0 Å². The van der Waals surface area contributed by atoms with E-state index >= 15 is 0 Å². The summed E-state index contributed by atoms with van der Waals surface area (Å²) in [5, 5.41) is 8.13. The average molecular weight is 256 g/mol. The van der Waals surface area contributed by atoms with Gasteiger partial charge in [-0.1, -0.05) is 6.07 Å². The number of nitrogens with zero attached hydrogens (tertiary/aromatic N) is 4. The third-order valence-electron chi connectivity index (χ3n) is 3.21. The van der Waals surface area contributed by atoms with Gasteiger partial charge in [-0.15, -0.1) is 5.10 Å². The number of benzene rings is 1. The van der Waals surface area contributed by atoms with Gasteiger partial charge in [0.25, 0.3) is 0 Å². The highest BCUT2D eigenvalue weighted by Gasteiger charge is 2.11. The zero-order valence-corrected chi connectivity index (χ0v) is 10.8. The quantitative estimate of drug-likeness (QED) is 0.708. The van der Waals surface area contributed by atoms with Crippen molar-refractivity contribution in [3.8, 4) is 11.1 Å². The molecule has 5 heteroatoms. The first kappa shape index (κ1) is 11.8. The van der Waals surface area contributed by atoms with Crippen molar-refractivity contribution < 1.29 is 4.39 Å². The molecule has 0 unspecified atom stereocenters. The number of aromatic nitrogens is 4. The fourth-order valence-corrected chi connectivity index (χ4v) is 2.13. The fraction of sp³-hybridized carbons (Fsp3) is 0.214. The lowest BCUT2D eigenvalue weighted by atomic mass is 10.0. The monoisotopic (exact) mass is 256 g/mol. The molecule has 0 atom stereocenters. The SMILES string of the molecule is CCn1cnc2c(-c3ccc(F)c(C)c3)cnnc21. The van der Waals surface area contributed by atoms with E-state index in [1.165, 1.54) is 6.07 Å². The van der Waals surface area contributed by atoms with Crippen LogP contribution in [0.3, 0.4) is 0 Å². The van der Waals surface area contributed by atoms with Crippen molar-refractivity contribution in [1.82, 2.24) is 19.7 Å². The molecule has 0 spiro atoms. The smallest absolute Gasteiger partial charge is 0.183 e. The molecule has 19 heavy (non-hydrogen) atoms. The topological polar surface area (TPSA) is 43.6 Å². The lowest BCUT2D eigenvalue weighted by Gasteiger charge is -2.04. The Hall–Kier alpha value is -2.30. The van der Waals surface area contributed by atoms with Gasteiger partial charge in [0, 0.05) is 12.1 Å². The van der Waals surface area contributed by atoms with Crippen LogP contribution in [0.1, 0.15) is 12.5 Å². The highest BCUT2D eigenvalue weighted by Crippen LogP contribution is 2.26. The minimum Gasteiger partial charge on any atom is -0.314 e. The predicted octanol–water partition coefficient (Wildman–Crippen LogP) is 2.96. The minimum absolute atomic E-state index is 0.207. The van der Waals surface area contributed by atoms with Crippen LogP contribution in [0.2, 0.25) is 0 Å². The van der Waals surface area contributed by atoms with Gasteiger partial charge in [-0.25, -0.2) is 9.37 Å². The molecule has 2 heterocycles. The number of hydrogen-bond acceptors (Lipinski definition) is 3. The first-order valence-corrected chi connectivity index (χ1v) is 6.13. The molecular formula is C14H13FN4. The van der Waals surface area contributed by atoms with Gasteiger partial charge in [0.2, 0.25) is 0 Å². The minimum atomic E-state index is -0.207. The fourth-order valence-electron chi connectivity index (χ4n) is 2.13. The summed E-state index contributed by atoms with van der Waals surface area (Å²) in [5.41, 5.74) is 3.93. The lowest BCUT2D eigenvalue weighted by Crippen LogP contribution is -1.95. The van der Waals surface area contributed by atoms with E-state index in [0.29, 0.717) is 5.56 Å². The summed E-state index contributed by atoms with van der Waals surface area (Å²) in [5.74, 6) is -0.207. The Morgan fingerprint density at radius 2 is 2.16 bits per heavy atom. The molecule has 0 amide bonds. The van der Waals surface area contributed by atoms with Gasteiger partial charge in [-0.05, 0) is 37.1 Å². The van der Waals surface area contributed by atoms with Gasteiger partial charge in [0.15, 0.2) is 5.65 Å². The van der Waals surface area contributed by atoms with Crippen LogP contribution in [0.5, 0.6) is 0 Å². The van der Waals surface area contributed by atoms with E-state index in [9.17, 15) is 4.39 Å². The molecule has 0 aliphatic carbocycles. The van der Waals surface area contributed by atoms with Crippen LogP contribution >= 0.6 is 0 Å². The van der Waals surface area contributed by atoms with Gasteiger partial charge < -0.3 is 4.57 Å². The summed E-state index contributed by atoms with van der Waals surface area (Å²) in [6.45, 7) is 4.56. The molecule has 0 N–H and O–H groups in total. The van der Waals surface area contributed by atoms with E-state index in [1.807, 2.05) is 11.5 Å². The average Bonchev–Trinajstić information content (AvgIpc) is 2.85. The van der Waals surface area contributed by atoms with Crippen LogP contribution in [0.4, 0.5) is 4.39 Å². The molecular weight excluding hydrogens is 243 g/mol. The number of aryl methyl sites for hydroxylation is 2. The summed E-state index contributed by atoms with van der Waals surface area (Å²) in [7, 11) is 0. The van der Waals surface area contributed by atoms with Crippen LogP contribution in [-0.4, -0.2) is 19.7 Å². The molecule has 2 aromatic heterocycles. The Labute approximate surface area is 109 Å². The van der Waals surface area contributed by atoms with E-state index in [4.69, 9.17) is 0 Å². The Bertz CT molecular complexity index is 748. The van der Waals surface area contributed by atoms with Crippen LogP contribution in [0.25, 0.3) is 22.3 Å². The van der Waals surface area contributed by atoms with Crippen molar-refractivity contribution in [2.24, 2.45) is 0 Å². The molecule has 0 aliphatic heterocycles. The second kappa shape index (κ2) is 4.42. The molecule has 3 aromatic rings.